The van der Waals surface area contributed by atoms with Gasteiger partial charge in [-0.1, -0.05) is 18.2 Å². The maximum absolute atomic E-state index is 13.7. The number of amides is 1. The molecule has 2 unspecified atom stereocenters. The van der Waals surface area contributed by atoms with Gasteiger partial charge in [-0.3, -0.25) is 4.79 Å². The Morgan fingerprint density at radius 3 is 2.84 bits per heavy atom. The Labute approximate surface area is 147 Å². The van der Waals surface area contributed by atoms with Gasteiger partial charge in [0.05, 0.1) is 0 Å². The van der Waals surface area contributed by atoms with Crippen molar-refractivity contribution in [2.75, 3.05) is 6.54 Å². The molecule has 0 saturated carbocycles. The van der Waals surface area contributed by atoms with Crippen molar-refractivity contribution in [1.29, 1.82) is 0 Å². The van der Waals surface area contributed by atoms with Gasteiger partial charge in [-0.15, -0.1) is 0 Å². The van der Waals surface area contributed by atoms with E-state index < -0.39 is 0 Å². The summed E-state index contributed by atoms with van der Waals surface area (Å²) in [6, 6.07) is 12.0. The van der Waals surface area contributed by atoms with E-state index in [1.807, 2.05) is 19.1 Å². The van der Waals surface area contributed by atoms with Gasteiger partial charge in [0.25, 0.3) is 0 Å². The standard InChI is InChI=1S/C20H23FN2O2/c1-13(15-4-3-5-18(25)11-15)22-20-8-9-23(14(2)24)12-16-10-17(21)6-7-19(16)20/h3-7,10-11,13,20,22,25H,8-9,12H2,1-2H3. The van der Waals surface area contributed by atoms with Crippen molar-refractivity contribution in [2.45, 2.75) is 38.9 Å². The first kappa shape index (κ1) is 17.4. The predicted octanol–water partition coefficient (Wildman–Crippen LogP) is 3.68. The molecule has 2 aromatic rings. The normalized spacial score (nSPS) is 18.4. The lowest BCUT2D eigenvalue weighted by atomic mass is 9.97. The number of nitrogens with zero attached hydrogens (tertiary/aromatic N) is 1. The van der Waals surface area contributed by atoms with Crippen molar-refractivity contribution < 1.29 is 14.3 Å². The van der Waals surface area contributed by atoms with E-state index in [4.69, 9.17) is 0 Å². The van der Waals surface area contributed by atoms with Crippen LogP contribution in [0.1, 0.15) is 49.0 Å². The monoisotopic (exact) mass is 342 g/mol. The van der Waals surface area contributed by atoms with E-state index in [-0.39, 0.29) is 29.6 Å². The van der Waals surface area contributed by atoms with Gasteiger partial charge < -0.3 is 15.3 Å². The summed E-state index contributed by atoms with van der Waals surface area (Å²) in [7, 11) is 0. The number of aromatic hydroxyl groups is 1. The summed E-state index contributed by atoms with van der Waals surface area (Å²) in [5, 5.41) is 13.2. The van der Waals surface area contributed by atoms with Crippen molar-refractivity contribution in [2.24, 2.45) is 0 Å². The van der Waals surface area contributed by atoms with Gasteiger partial charge in [0, 0.05) is 32.1 Å². The van der Waals surface area contributed by atoms with E-state index >= 15 is 0 Å². The molecule has 1 aliphatic rings. The second kappa shape index (κ2) is 7.23. The highest BCUT2D eigenvalue weighted by Crippen LogP contribution is 2.30. The van der Waals surface area contributed by atoms with Crippen LogP contribution in [0.4, 0.5) is 4.39 Å². The number of fused-ring (bicyclic) bond motifs is 1. The molecule has 0 saturated heterocycles. The summed E-state index contributed by atoms with van der Waals surface area (Å²) in [5.41, 5.74) is 2.85. The molecule has 0 aromatic heterocycles. The van der Waals surface area contributed by atoms with E-state index in [0.29, 0.717) is 13.1 Å². The predicted molar refractivity (Wildman–Crippen MR) is 94.5 cm³/mol. The van der Waals surface area contributed by atoms with Gasteiger partial charge in [0.2, 0.25) is 5.91 Å². The Morgan fingerprint density at radius 1 is 1.32 bits per heavy atom. The molecule has 0 spiro atoms. The fourth-order valence-corrected chi connectivity index (χ4v) is 3.41. The number of rotatable bonds is 3. The molecule has 0 aliphatic carbocycles. The van der Waals surface area contributed by atoms with E-state index in [9.17, 15) is 14.3 Å². The third kappa shape index (κ3) is 3.99. The van der Waals surface area contributed by atoms with Crippen molar-refractivity contribution in [3.63, 3.8) is 0 Å². The minimum Gasteiger partial charge on any atom is -0.508 e. The minimum absolute atomic E-state index is 0.00288. The second-order valence-corrected chi connectivity index (χ2v) is 6.61. The Bertz CT molecular complexity index is 778. The van der Waals surface area contributed by atoms with Crippen LogP contribution in [0.15, 0.2) is 42.5 Å². The molecule has 4 nitrogen and oxygen atoms in total. The number of carbonyl (C=O) groups excluding carboxylic acids is 1. The largest absolute Gasteiger partial charge is 0.508 e. The number of benzene rings is 2. The van der Waals surface area contributed by atoms with E-state index in [1.54, 1.807) is 30.0 Å². The lowest BCUT2D eigenvalue weighted by Crippen LogP contribution is -2.30. The zero-order valence-corrected chi connectivity index (χ0v) is 14.5. The quantitative estimate of drug-likeness (QED) is 0.895. The van der Waals surface area contributed by atoms with Crippen LogP contribution in [0.5, 0.6) is 5.75 Å². The number of carbonyl (C=O) groups is 1. The molecule has 0 fully saturated rings. The van der Waals surface area contributed by atoms with Crippen LogP contribution in [0.2, 0.25) is 0 Å². The molecular formula is C20H23FN2O2. The minimum atomic E-state index is -0.288. The summed E-state index contributed by atoms with van der Waals surface area (Å²) in [4.78, 5) is 13.6. The van der Waals surface area contributed by atoms with Gasteiger partial charge in [0.1, 0.15) is 11.6 Å². The molecule has 0 bridgehead atoms. The van der Waals surface area contributed by atoms with E-state index in [1.165, 1.54) is 12.1 Å². The summed E-state index contributed by atoms with van der Waals surface area (Å²) < 4.78 is 13.7. The average Bonchev–Trinajstić information content (AvgIpc) is 2.74. The van der Waals surface area contributed by atoms with E-state index in [2.05, 4.69) is 5.32 Å². The molecule has 5 heteroatoms. The van der Waals surface area contributed by atoms with Gasteiger partial charge in [-0.25, -0.2) is 4.39 Å². The lowest BCUT2D eigenvalue weighted by molar-refractivity contribution is -0.129. The van der Waals surface area contributed by atoms with Gasteiger partial charge in [0.15, 0.2) is 0 Å². The maximum Gasteiger partial charge on any atom is 0.219 e. The first-order valence-corrected chi connectivity index (χ1v) is 8.53. The number of phenols is 1. The fourth-order valence-electron chi connectivity index (χ4n) is 3.41. The molecular weight excluding hydrogens is 319 g/mol. The number of halogens is 1. The Kier molecular flexibility index (Phi) is 5.04. The van der Waals surface area contributed by atoms with Crippen LogP contribution in [-0.2, 0) is 11.3 Å². The lowest BCUT2D eigenvalue weighted by Gasteiger charge is -2.24. The molecule has 2 atom stereocenters. The third-order valence-electron chi connectivity index (χ3n) is 4.80. The van der Waals surface area contributed by atoms with Crippen molar-refractivity contribution in [1.82, 2.24) is 10.2 Å². The van der Waals surface area contributed by atoms with Crippen molar-refractivity contribution in [3.05, 3.63) is 65.0 Å². The highest BCUT2D eigenvalue weighted by molar-refractivity contribution is 5.73. The number of nitrogens with one attached hydrogen (secondary N) is 1. The Hall–Kier alpha value is -2.40. The molecule has 2 aromatic carbocycles. The number of phenolic OH excluding ortho intramolecular Hbond substituents is 1. The van der Waals surface area contributed by atoms with Gasteiger partial charge >= 0.3 is 0 Å². The summed E-state index contributed by atoms with van der Waals surface area (Å²) in [6.45, 7) is 4.63. The van der Waals surface area contributed by atoms with Crippen LogP contribution in [0, 0.1) is 5.82 Å². The summed E-state index contributed by atoms with van der Waals surface area (Å²) in [5.74, 6) is -0.0573. The van der Waals surface area contributed by atoms with Crippen LogP contribution >= 0.6 is 0 Å². The smallest absolute Gasteiger partial charge is 0.219 e. The molecule has 1 aliphatic heterocycles. The number of hydrogen-bond donors (Lipinski definition) is 2. The highest BCUT2D eigenvalue weighted by Gasteiger charge is 2.25. The molecule has 132 valence electrons. The van der Waals surface area contributed by atoms with Crippen molar-refractivity contribution in [3.8, 4) is 5.75 Å². The van der Waals surface area contributed by atoms with Crippen LogP contribution in [0.3, 0.4) is 0 Å². The van der Waals surface area contributed by atoms with Gasteiger partial charge in [-0.2, -0.15) is 0 Å². The van der Waals surface area contributed by atoms with Gasteiger partial charge in [-0.05, 0) is 54.3 Å². The summed E-state index contributed by atoms with van der Waals surface area (Å²) in [6.07, 6.45) is 0.751. The Morgan fingerprint density at radius 2 is 2.12 bits per heavy atom. The first-order valence-electron chi connectivity index (χ1n) is 8.53. The van der Waals surface area contributed by atoms with Crippen LogP contribution in [-0.4, -0.2) is 22.5 Å². The Balaban J connectivity index is 1.87. The molecule has 25 heavy (non-hydrogen) atoms. The van der Waals surface area contributed by atoms with Crippen LogP contribution < -0.4 is 5.32 Å². The third-order valence-corrected chi connectivity index (χ3v) is 4.80. The maximum atomic E-state index is 13.7. The molecule has 1 amide bonds. The topological polar surface area (TPSA) is 52.6 Å². The van der Waals surface area contributed by atoms with Crippen molar-refractivity contribution >= 4 is 5.91 Å². The van der Waals surface area contributed by atoms with E-state index in [0.717, 1.165) is 23.1 Å². The fraction of sp³-hybridized carbons (Fsp3) is 0.350. The zero-order chi connectivity index (χ0) is 18.0. The number of hydrogen-bond acceptors (Lipinski definition) is 3. The second-order valence-electron chi connectivity index (χ2n) is 6.61. The zero-order valence-electron chi connectivity index (χ0n) is 14.5. The summed E-state index contributed by atoms with van der Waals surface area (Å²) >= 11 is 0. The molecule has 3 rings (SSSR count). The van der Waals surface area contributed by atoms with Crippen LogP contribution in [0.25, 0.3) is 0 Å². The molecule has 2 N–H and O–H groups in total. The SMILES string of the molecule is CC(=O)N1CCC(NC(C)c2cccc(O)c2)c2ccc(F)cc2C1. The molecule has 0 radical (unpaired) electrons. The average molecular weight is 342 g/mol. The first-order chi connectivity index (χ1) is 11.9. The highest BCUT2D eigenvalue weighted by atomic mass is 19.1. The molecule has 1 heterocycles.